The van der Waals surface area contributed by atoms with Gasteiger partial charge in [0.25, 0.3) is 0 Å². The molecule has 0 heterocycles. The standard InChI is InChI=1S/C12H13BrO2/c1-8-6-10(13)7-9(2)11(8)4-5-12(14)15-3/h4-7H,1-3H3. The normalized spacial score (nSPS) is 10.7. The number of hydrogen-bond acceptors (Lipinski definition) is 2. The third kappa shape index (κ3) is 3.20. The molecule has 0 saturated heterocycles. The summed E-state index contributed by atoms with van der Waals surface area (Å²) in [6, 6.07) is 4.04. The number of esters is 1. The second-order valence-electron chi connectivity index (χ2n) is 3.31. The summed E-state index contributed by atoms with van der Waals surface area (Å²) in [5, 5.41) is 0. The Kier molecular flexibility index (Phi) is 4.09. The number of benzene rings is 1. The molecular formula is C12H13BrO2. The van der Waals surface area contributed by atoms with Crippen LogP contribution >= 0.6 is 15.9 Å². The van der Waals surface area contributed by atoms with Gasteiger partial charge in [0.2, 0.25) is 0 Å². The Balaban J connectivity index is 3.05. The lowest BCUT2D eigenvalue weighted by molar-refractivity contribution is -0.134. The maximum absolute atomic E-state index is 11.0. The van der Waals surface area contributed by atoms with E-state index in [0.29, 0.717) is 0 Å². The first-order valence-electron chi connectivity index (χ1n) is 4.57. The van der Waals surface area contributed by atoms with Gasteiger partial charge in [0, 0.05) is 10.5 Å². The lowest BCUT2D eigenvalue weighted by atomic mass is 10.0. The lowest BCUT2D eigenvalue weighted by Gasteiger charge is -2.05. The van der Waals surface area contributed by atoms with Crippen LogP contribution in [0.4, 0.5) is 0 Å². The molecule has 0 aliphatic rings. The fourth-order valence-corrected chi connectivity index (χ4v) is 2.09. The van der Waals surface area contributed by atoms with Crippen molar-refractivity contribution in [3.8, 4) is 0 Å². The van der Waals surface area contributed by atoms with Gasteiger partial charge in [-0.25, -0.2) is 4.79 Å². The van der Waals surface area contributed by atoms with Crippen molar-refractivity contribution in [1.29, 1.82) is 0 Å². The van der Waals surface area contributed by atoms with Gasteiger partial charge in [0.05, 0.1) is 7.11 Å². The summed E-state index contributed by atoms with van der Waals surface area (Å²) in [7, 11) is 1.37. The number of carbonyl (C=O) groups excluding carboxylic acids is 1. The van der Waals surface area contributed by atoms with E-state index < -0.39 is 0 Å². The molecule has 0 radical (unpaired) electrons. The smallest absolute Gasteiger partial charge is 0.330 e. The first kappa shape index (κ1) is 12.0. The lowest BCUT2D eigenvalue weighted by Crippen LogP contribution is -1.94. The first-order valence-corrected chi connectivity index (χ1v) is 5.36. The number of rotatable bonds is 2. The predicted octanol–water partition coefficient (Wildman–Crippen LogP) is 3.25. The van der Waals surface area contributed by atoms with E-state index in [9.17, 15) is 4.79 Å². The molecule has 1 aromatic rings. The summed E-state index contributed by atoms with van der Waals surface area (Å²) in [6.07, 6.45) is 3.21. The number of ether oxygens (including phenoxy) is 1. The maximum Gasteiger partial charge on any atom is 0.330 e. The molecule has 0 unspecified atom stereocenters. The van der Waals surface area contributed by atoms with E-state index in [1.54, 1.807) is 6.08 Å². The molecule has 15 heavy (non-hydrogen) atoms. The highest BCUT2D eigenvalue weighted by atomic mass is 79.9. The van der Waals surface area contributed by atoms with E-state index in [1.165, 1.54) is 13.2 Å². The fourth-order valence-electron chi connectivity index (χ4n) is 1.40. The molecule has 1 rings (SSSR count). The van der Waals surface area contributed by atoms with Crippen LogP contribution in [-0.2, 0) is 9.53 Å². The predicted molar refractivity (Wildman–Crippen MR) is 64.7 cm³/mol. The molecule has 1 aromatic carbocycles. The summed E-state index contributed by atoms with van der Waals surface area (Å²) >= 11 is 3.43. The van der Waals surface area contributed by atoms with Crippen molar-refractivity contribution in [2.75, 3.05) is 7.11 Å². The molecule has 0 N–H and O–H groups in total. The van der Waals surface area contributed by atoms with Gasteiger partial charge >= 0.3 is 5.97 Å². The number of halogens is 1. The Hall–Kier alpha value is -1.09. The monoisotopic (exact) mass is 268 g/mol. The van der Waals surface area contributed by atoms with Gasteiger partial charge in [-0.15, -0.1) is 0 Å². The van der Waals surface area contributed by atoms with E-state index in [0.717, 1.165) is 21.2 Å². The number of carbonyl (C=O) groups is 1. The van der Waals surface area contributed by atoms with Crippen molar-refractivity contribution in [2.24, 2.45) is 0 Å². The minimum absolute atomic E-state index is 0.336. The Labute approximate surface area is 98.1 Å². The number of methoxy groups -OCH3 is 1. The van der Waals surface area contributed by atoms with Gasteiger partial charge in [-0.3, -0.25) is 0 Å². The van der Waals surface area contributed by atoms with E-state index in [1.807, 2.05) is 26.0 Å². The van der Waals surface area contributed by atoms with Gasteiger partial charge < -0.3 is 4.74 Å². The summed E-state index contributed by atoms with van der Waals surface area (Å²) < 4.78 is 5.59. The van der Waals surface area contributed by atoms with Crippen molar-refractivity contribution in [3.63, 3.8) is 0 Å². The second-order valence-corrected chi connectivity index (χ2v) is 4.23. The molecular weight excluding hydrogens is 256 g/mol. The Bertz CT molecular complexity index is 385. The van der Waals surface area contributed by atoms with Crippen LogP contribution in [0.25, 0.3) is 6.08 Å². The Morgan fingerprint density at radius 3 is 2.33 bits per heavy atom. The molecule has 3 heteroatoms. The average molecular weight is 269 g/mol. The second kappa shape index (κ2) is 5.12. The van der Waals surface area contributed by atoms with Crippen molar-refractivity contribution in [1.82, 2.24) is 0 Å². The minimum atomic E-state index is -0.336. The molecule has 0 amide bonds. The van der Waals surface area contributed by atoms with Crippen LogP contribution in [0.5, 0.6) is 0 Å². The van der Waals surface area contributed by atoms with Crippen LogP contribution in [0.1, 0.15) is 16.7 Å². The molecule has 0 aromatic heterocycles. The quantitative estimate of drug-likeness (QED) is 0.608. The van der Waals surface area contributed by atoms with E-state index in [-0.39, 0.29) is 5.97 Å². The highest BCUT2D eigenvalue weighted by Gasteiger charge is 2.01. The van der Waals surface area contributed by atoms with E-state index in [4.69, 9.17) is 0 Å². The van der Waals surface area contributed by atoms with Crippen molar-refractivity contribution >= 4 is 28.0 Å². The summed E-state index contributed by atoms with van der Waals surface area (Å²) in [6.45, 7) is 4.02. The molecule has 0 saturated carbocycles. The van der Waals surface area contributed by atoms with Gasteiger partial charge in [0.15, 0.2) is 0 Å². The Morgan fingerprint density at radius 2 is 1.87 bits per heavy atom. The van der Waals surface area contributed by atoms with Gasteiger partial charge in [-0.2, -0.15) is 0 Å². The summed E-state index contributed by atoms with van der Waals surface area (Å²) in [5.41, 5.74) is 3.31. The van der Waals surface area contributed by atoms with Gasteiger partial charge in [-0.1, -0.05) is 15.9 Å². The third-order valence-electron chi connectivity index (χ3n) is 2.15. The maximum atomic E-state index is 11.0. The number of hydrogen-bond donors (Lipinski definition) is 0. The zero-order valence-corrected chi connectivity index (χ0v) is 10.6. The molecule has 0 atom stereocenters. The molecule has 0 aliphatic heterocycles. The van der Waals surface area contributed by atoms with Crippen molar-refractivity contribution in [3.05, 3.63) is 39.4 Å². The van der Waals surface area contributed by atoms with Gasteiger partial charge in [-0.05, 0) is 48.7 Å². The average Bonchev–Trinajstić information content (AvgIpc) is 2.15. The van der Waals surface area contributed by atoms with Crippen LogP contribution in [0.3, 0.4) is 0 Å². The highest BCUT2D eigenvalue weighted by molar-refractivity contribution is 9.10. The van der Waals surface area contributed by atoms with E-state index >= 15 is 0 Å². The largest absolute Gasteiger partial charge is 0.466 e. The fraction of sp³-hybridized carbons (Fsp3) is 0.250. The topological polar surface area (TPSA) is 26.3 Å². The van der Waals surface area contributed by atoms with Crippen LogP contribution in [0.2, 0.25) is 0 Å². The van der Waals surface area contributed by atoms with Crippen LogP contribution in [-0.4, -0.2) is 13.1 Å². The zero-order valence-electron chi connectivity index (χ0n) is 9.00. The van der Waals surface area contributed by atoms with Gasteiger partial charge in [0.1, 0.15) is 0 Å². The van der Waals surface area contributed by atoms with Crippen molar-refractivity contribution in [2.45, 2.75) is 13.8 Å². The number of aryl methyl sites for hydroxylation is 2. The molecule has 0 aliphatic carbocycles. The molecule has 2 nitrogen and oxygen atoms in total. The van der Waals surface area contributed by atoms with Crippen LogP contribution in [0, 0.1) is 13.8 Å². The molecule has 0 spiro atoms. The van der Waals surface area contributed by atoms with Crippen LogP contribution < -0.4 is 0 Å². The summed E-state index contributed by atoms with van der Waals surface area (Å²) in [4.78, 5) is 11.0. The third-order valence-corrected chi connectivity index (χ3v) is 2.60. The molecule has 0 bridgehead atoms. The molecule has 80 valence electrons. The SMILES string of the molecule is COC(=O)C=Cc1c(C)cc(Br)cc1C. The Morgan fingerprint density at radius 1 is 1.33 bits per heavy atom. The summed E-state index contributed by atoms with van der Waals surface area (Å²) in [5.74, 6) is -0.336. The first-order chi connectivity index (χ1) is 7.04. The molecule has 0 fully saturated rings. The zero-order chi connectivity index (χ0) is 11.4. The van der Waals surface area contributed by atoms with Crippen molar-refractivity contribution < 1.29 is 9.53 Å². The minimum Gasteiger partial charge on any atom is -0.466 e. The van der Waals surface area contributed by atoms with E-state index in [2.05, 4.69) is 20.7 Å². The highest BCUT2D eigenvalue weighted by Crippen LogP contribution is 2.21. The van der Waals surface area contributed by atoms with Crippen LogP contribution in [0.15, 0.2) is 22.7 Å².